The number of nitrogens with one attached hydrogen (secondary N) is 1. The van der Waals surface area contributed by atoms with Crippen LogP contribution >= 0.6 is 34.0 Å². The maximum atomic E-state index is 12.5. The number of amides is 2. The van der Waals surface area contributed by atoms with E-state index in [1.54, 1.807) is 5.38 Å². The van der Waals surface area contributed by atoms with Gasteiger partial charge in [-0.1, -0.05) is 30.3 Å². The van der Waals surface area contributed by atoms with Gasteiger partial charge in [0, 0.05) is 16.1 Å². The standard InChI is InChI=1S/C23H23N5O3S3/c1-23(2,3)31-22(30)28-14(9-13-7-5-4-6-8-13)19-26-17(11-33-19)21-27-16(12-34-21)20-25-15(10-32-20)18(24)29/h4-8,10-12,14H,9H2,1-3H3,(H2,24,29)(H,28,30)/t14-/m1/s1. The van der Waals surface area contributed by atoms with Gasteiger partial charge in [-0.3, -0.25) is 4.79 Å². The van der Waals surface area contributed by atoms with E-state index < -0.39 is 17.6 Å². The highest BCUT2D eigenvalue weighted by Crippen LogP contribution is 2.33. The fraction of sp³-hybridized carbons (Fsp3) is 0.261. The van der Waals surface area contributed by atoms with E-state index in [-0.39, 0.29) is 11.7 Å². The van der Waals surface area contributed by atoms with Crippen molar-refractivity contribution in [3.05, 3.63) is 62.7 Å². The number of carbonyl (C=O) groups is 2. The van der Waals surface area contributed by atoms with Crippen LogP contribution < -0.4 is 11.1 Å². The summed E-state index contributed by atoms with van der Waals surface area (Å²) >= 11 is 4.21. The van der Waals surface area contributed by atoms with Crippen LogP contribution in [0.1, 0.15) is 47.9 Å². The molecule has 1 aromatic carbocycles. The van der Waals surface area contributed by atoms with Crippen molar-refractivity contribution in [2.24, 2.45) is 5.73 Å². The molecule has 4 rings (SSSR count). The monoisotopic (exact) mass is 513 g/mol. The number of rotatable bonds is 7. The first-order chi connectivity index (χ1) is 16.2. The van der Waals surface area contributed by atoms with Crippen molar-refractivity contribution in [3.8, 4) is 21.4 Å². The normalized spacial score (nSPS) is 12.3. The molecular formula is C23H23N5O3S3. The number of hydrogen-bond donors (Lipinski definition) is 2. The summed E-state index contributed by atoms with van der Waals surface area (Å²) in [6.45, 7) is 5.49. The summed E-state index contributed by atoms with van der Waals surface area (Å²) in [5.41, 5.74) is 7.38. The molecule has 0 aliphatic heterocycles. The van der Waals surface area contributed by atoms with E-state index in [9.17, 15) is 9.59 Å². The zero-order valence-electron chi connectivity index (χ0n) is 18.8. The minimum atomic E-state index is -0.600. The molecule has 0 radical (unpaired) electrons. The van der Waals surface area contributed by atoms with Crippen LogP contribution in [0.15, 0.2) is 46.5 Å². The number of hydrogen-bond acceptors (Lipinski definition) is 9. The third-order valence-corrected chi connectivity index (χ3v) is 7.18. The van der Waals surface area contributed by atoms with Gasteiger partial charge in [-0.2, -0.15) is 0 Å². The van der Waals surface area contributed by atoms with Gasteiger partial charge in [-0.05, 0) is 32.8 Å². The molecule has 1 atom stereocenters. The summed E-state index contributed by atoms with van der Waals surface area (Å²) in [6, 6.07) is 9.56. The first-order valence-electron chi connectivity index (χ1n) is 10.4. The molecule has 0 aliphatic carbocycles. The van der Waals surface area contributed by atoms with Crippen LogP contribution in [0, 0.1) is 0 Å². The van der Waals surface area contributed by atoms with Crippen LogP contribution in [-0.2, 0) is 11.2 Å². The second kappa shape index (κ2) is 10.00. The molecular weight excluding hydrogens is 490 g/mol. The Balaban J connectivity index is 1.56. The molecule has 3 heterocycles. The van der Waals surface area contributed by atoms with Gasteiger partial charge in [0.25, 0.3) is 5.91 Å². The van der Waals surface area contributed by atoms with Crippen molar-refractivity contribution in [3.63, 3.8) is 0 Å². The van der Waals surface area contributed by atoms with E-state index in [4.69, 9.17) is 15.5 Å². The summed E-state index contributed by atoms with van der Waals surface area (Å²) in [6.07, 6.45) is 0.0845. The minimum absolute atomic E-state index is 0.225. The van der Waals surface area contributed by atoms with E-state index in [1.807, 2.05) is 61.9 Å². The van der Waals surface area contributed by atoms with Crippen molar-refractivity contribution >= 4 is 46.0 Å². The number of nitrogens with two attached hydrogens (primary N) is 1. The molecule has 34 heavy (non-hydrogen) atoms. The Bertz CT molecular complexity index is 1290. The van der Waals surface area contributed by atoms with Gasteiger partial charge in [-0.15, -0.1) is 34.0 Å². The van der Waals surface area contributed by atoms with E-state index >= 15 is 0 Å². The number of carbonyl (C=O) groups excluding carboxylic acids is 2. The fourth-order valence-corrected chi connectivity index (χ4v) is 5.58. The average molecular weight is 514 g/mol. The Morgan fingerprint density at radius 1 is 0.971 bits per heavy atom. The molecule has 3 N–H and O–H groups in total. The van der Waals surface area contributed by atoms with Crippen molar-refractivity contribution in [2.45, 2.75) is 38.8 Å². The van der Waals surface area contributed by atoms with Crippen molar-refractivity contribution in [1.82, 2.24) is 20.3 Å². The first kappa shape index (κ1) is 24.0. The summed E-state index contributed by atoms with van der Waals surface area (Å²) in [7, 11) is 0. The Kier molecular flexibility index (Phi) is 7.05. The molecule has 0 saturated carbocycles. The van der Waals surface area contributed by atoms with Crippen molar-refractivity contribution in [2.75, 3.05) is 0 Å². The maximum absolute atomic E-state index is 12.5. The second-order valence-corrected chi connectivity index (χ2v) is 11.0. The van der Waals surface area contributed by atoms with Crippen LogP contribution in [0.5, 0.6) is 0 Å². The molecule has 0 fully saturated rings. The number of aromatic nitrogens is 3. The van der Waals surface area contributed by atoms with Crippen molar-refractivity contribution in [1.29, 1.82) is 0 Å². The molecule has 176 valence electrons. The first-order valence-corrected chi connectivity index (χ1v) is 13.0. The van der Waals surface area contributed by atoms with Crippen LogP contribution in [0.2, 0.25) is 0 Å². The smallest absolute Gasteiger partial charge is 0.408 e. The quantitative estimate of drug-likeness (QED) is 0.346. The van der Waals surface area contributed by atoms with Crippen LogP contribution in [0.4, 0.5) is 4.79 Å². The lowest BCUT2D eigenvalue weighted by Gasteiger charge is -2.23. The van der Waals surface area contributed by atoms with E-state index in [1.165, 1.54) is 34.0 Å². The van der Waals surface area contributed by atoms with Crippen LogP contribution in [-0.4, -0.2) is 32.6 Å². The molecule has 0 saturated heterocycles. The fourth-order valence-electron chi connectivity index (χ4n) is 3.04. The molecule has 3 aromatic heterocycles. The molecule has 2 amide bonds. The average Bonchev–Trinajstić information content (AvgIpc) is 3.52. The summed E-state index contributed by atoms with van der Waals surface area (Å²) in [4.78, 5) is 37.5. The highest BCUT2D eigenvalue weighted by Gasteiger charge is 2.24. The van der Waals surface area contributed by atoms with Gasteiger partial charge in [0.1, 0.15) is 37.7 Å². The number of primary amides is 1. The lowest BCUT2D eigenvalue weighted by Crippen LogP contribution is -2.35. The van der Waals surface area contributed by atoms with E-state index in [0.29, 0.717) is 22.8 Å². The van der Waals surface area contributed by atoms with Gasteiger partial charge in [0.2, 0.25) is 0 Å². The SMILES string of the molecule is CC(C)(C)OC(=O)N[C@H](Cc1ccccc1)c1nc(-c2nc(-c3nc(C(N)=O)cs3)cs2)cs1. The molecule has 11 heteroatoms. The van der Waals surface area contributed by atoms with Gasteiger partial charge in [0.15, 0.2) is 0 Å². The predicted octanol–water partition coefficient (Wildman–Crippen LogP) is 5.30. The Hall–Kier alpha value is -3.15. The van der Waals surface area contributed by atoms with Crippen LogP contribution in [0.3, 0.4) is 0 Å². The highest BCUT2D eigenvalue weighted by atomic mass is 32.1. The van der Waals surface area contributed by atoms with E-state index in [2.05, 4.69) is 15.3 Å². The topological polar surface area (TPSA) is 120 Å². The molecule has 0 bridgehead atoms. The number of thiazole rings is 3. The lowest BCUT2D eigenvalue weighted by molar-refractivity contribution is 0.0503. The second-order valence-electron chi connectivity index (χ2n) is 8.40. The van der Waals surface area contributed by atoms with Gasteiger partial charge in [-0.25, -0.2) is 19.7 Å². The predicted molar refractivity (Wildman–Crippen MR) is 135 cm³/mol. The summed E-state index contributed by atoms with van der Waals surface area (Å²) < 4.78 is 5.47. The third kappa shape index (κ3) is 6.04. The maximum Gasteiger partial charge on any atom is 0.408 e. The lowest BCUT2D eigenvalue weighted by atomic mass is 10.1. The summed E-state index contributed by atoms with van der Waals surface area (Å²) in [5, 5.41) is 10.5. The molecule has 0 aliphatic rings. The Labute approximate surface area is 208 Å². The summed E-state index contributed by atoms with van der Waals surface area (Å²) in [5.74, 6) is -0.566. The number of nitrogens with zero attached hydrogens (tertiary/aromatic N) is 3. The number of alkyl carbamates (subject to hydrolysis) is 1. The Morgan fingerprint density at radius 2 is 1.62 bits per heavy atom. The molecule has 0 unspecified atom stereocenters. The molecule has 4 aromatic rings. The minimum Gasteiger partial charge on any atom is -0.444 e. The zero-order valence-corrected chi connectivity index (χ0v) is 21.2. The van der Waals surface area contributed by atoms with Crippen molar-refractivity contribution < 1.29 is 14.3 Å². The zero-order chi connectivity index (χ0) is 24.3. The molecule has 8 nitrogen and oxygen atoms in total. The Morgan fingerprint density at radius 3 is 2.29 bits per heavy atom. The highest BCUT2D eigenvalue weighted by molar-refractivity contribution is 7.16. The van der Waals surface area contributed by atoms with E-state index in [0.717, 1.165) is 15.6 Å². The van der Waals surface area contributed by atoms with Gasteiger partial charge >= 0.3 is 6.09 Å². The molecule has 0 spiro atoms. The van der Waals surface area contributed by atoms with Crippen LogP contribution in [0.25, 0.3) is 21.4 Å². The largest absolute Gasteiger partial charge is 0.444 e. The number of benzene rings is 1. The van der Waals surface area contributed by atoms with Gasteiger partial charge < -0.3 is 15.8 Å². The van der Waals surface area contributed by atoms with Gasteiger partial charge in [0.05, 0.1) is 6.04 Å². The third-order valence-electron chi connectivity index (χ3n) is 4.49. The number of ether oxygens (including phenoxy) is 1.